The van der Waals surface area contributed by atoms with Crippen LogP contribution in [0.3, 0.4) is 0 Å². The molecule has 0 aliphatic carbocycles. The van der Waals surface area contributed by atoms with E-state index in [1.165, 1.54) is 0 Å². The number of ether oxygens (including phenoxy) is 1. The highest BCUT2D eigenvalue weighted by Gasteiger charge is 2.45. The summed E-state index contributed by atoms with van der Waals surface area (Å²) in [5, 5.41) is 14.3. The third kappa shape index (κ3) is 5.71. The van der Waals surface area contributed by atoms with Crippen LogP contribution in [0.1, 0.15) is 46.7 Å². The minimum absolute atomic E-state index is 0.0141. The first-order valence-corrected chi connectivity index (χ1v) is 14.9. The van der Waals surface area contributed by atoms with Crippen LogP contribution in [-0.2, 0) is 19.7 Å². The lowest BCUT2D eigenvalue weighted by Crippen LogP contribution is -2.51. The number of carboxylic acids is 1. The van der Waals surface area contributed by atoms with Gasteiger partial charge in [0.15, 0.2) is 5.65 Å². The maximum atomic E-state index is 13.4. The van der Waals surface area contributed by atoms with Crippen molar-refractivity contribution in [1.82, 2.24) is 29.3 Å². The number of nitrogens with zero attached hydrogens (tertiary/aromatic N) is 7. The summed E-state index contributed by atoms with van der Waals surface area (Å²) >= 11 is 1.74. The largest absolute Gasteiger partial charge is 0.481 e. The number of carboxylic acid groups (broad SMARTS) is 1. The molecule has 12 nitrogen and oxygen atoms in total. The number of aromatic nitrogens is 3. The number of imidazole rings is 1. The highest BCUT2D eigenvalue weighted by Crippen LogP contribution is 2.29. The minimum atomic E-state index is -1.11. The predicted octanol–water partition coefficient (Wildman–Crippen LogP) is 2.12. The molecule has 13 heteroatoms. The minimum Gasteiger partial charge on any atom is -0.481 e. The van der Waals surface area contributed by atoms with E-state index in [1.54, 1.807) is 41.2 Å². The summed E-state index contributed by atoms with van der Waals surface area (Å²) in [7, 11) is 0. The molecule has 3 aliphatic rings. The van der Waals surface area contributed by atoms with Gasteiger partial charge < -0.3 is 19.6 Å². The van der Waals surface area contributed by atoms with Gasteiger partial charge in [-0.3, -0.25) is 19.4 Å². The molecular formula is C27H39N7O5S. The number of likely N-dealkylation sites (tertiary alicyclic amines) is 1. The molecule has 0 spiro atoms. The van der Waals surface area contributed by atoms with E-state index < -0.39 is 29.1 Å². The number of aliphatic carboxylic acids is 1. The van der Waals surface area contributed by atoms with Crippen LogP contribution < -0.4 is 4.90 Å². The molecule has 3 aliphatic heterocycles. The Morgan fingerprint density at radius 2 is 1.77 bits per heavy atom. The van der Waals surface area contributed by atoms with E-state index in [9.17, 15) is 19.5 Å². The molecule has 0 aromatic carbocycles. The fraction of sp³-hybridized carbons (Fsp3) is 0.667. The lowest BCUT2D eigenvalue weighted by Gasteiger charge is -2.38. The average Bonchev–Trinajstić information content (AvgIpc) is 3.66. The molecule has 0 bridgehead atoms. The van der Waals surface area contributed by atoms with Gasteiger partial charge in [-0.1, -0.05) is 0 Å². The number of hydrogen-bond acceptors (Lipinski definition) is 9. The molecule has 40 heavy (non-hydrogen) atoms. The molecule has 0 radical (unpaired) electrons. The Labute approximate surface area is 238 Å². The molecular weight excluding hydrogens is 534 g/mol. The van der Waals surface area contributed by atoms with Crippen LogP contribution >= 0.6 is 11.8 Å². The zero-order chi connectivity index (χ0) is 28.8. The Balaban J connectivity index is 1.26. The number of thioether (sulfide) groups is 1. The third-order valence-electron chi connectivity index (χ3n) is 7.89. The molecule has 0 saturated carbocycles. The normalized spacial score (nSPS) is 22.8. The number of fused-ring (bicyclic) bond motifs is 1. The van der Waals surface area contributed by atoms with Gasteiger partial charge >= 0.3 is 12.1 Å². The zero-order valence-corrected chi connectivity index (χ0v) is 24.7. The van der Waals surface area contributed by atoms with E-state index in [0.29, 0.717) is 30.2 Å². The third-order valence-corrected chi connectivity index (χ3v) is 8.86. The molecule has 2 amide bonds. The summed E-state index contributed by atoms with van der Waals surface area (Å²) < 4.78 is 7.33. The number of carbonyl (C=O) groups excluding carboxylic acids is 2. The van der Waals surface area contributed by atoms with Crippen LogP contribution in [0, 0.1) is 0 Å². The Kier molecular flexibility index (Phi) is 7.64. The summed E-state index contributed by atoms with van der Waals surface area (Å²) in [6.07, 6.45) is 1.85. The van der Waals surface area contributed by atoms with Crippen molar-refractivity contribution < 1.29 is 24.2 Å². The molecule has 218 valence electrons. The zero-order valence-electron chi connectivity index (χ0n) is 23.9. The summed E-state index contributed by atoms with van der Waals surface area (Å²) in [6, 6.07) is 3.34. The van der Waals surface area contributed by atoms with Crippen molar-refractivity contribution in [3.05, 3.63) is 24.0 Å². The predicted molar refractivity (Wildman–Crippen MR) is 152 cm³/mol. The van der Waals surface area contributed by atoms with Crippen LogP contribution in [0.2, 0.25) is 0 Å². The van der Waals surface area contributed by atoms with Crippen LogP contribution in [0.15, 0.2) is 18.3 Å². The van der Waals surface area contributed by atoms with E-state index >= 15 is 0 Å². The highest BCUT2D eigenvalue weighted by molar-refractivity contribution is 7.99. The van der Waals surface area contributed by atoms with Gasteiger partial charge in [-0.05, 0) is 53.2 Å². The van der Waals surface area contributed by atoms with Gasteiger partial charge in [0.1, 0.15) is 22.9 Å². The van der Waals surface area contributed by atoms with E-state index in [1.807, 2.05) is 37.8 Å². The van der Waals surface area contributed by atoms with E-state index in [2.05, 4.69) is 14.8 Å². The summed E-state index contributed by atoms with van der Waals surface area (Å²) in [6.45, 7) is 13.0. The number of rotatable bonds is 5. The highest BCUT2D eigenvalue weighted by atomic mass is 32.2. The molecule has 1 N–H and O–H groups in total. The summed E-state index contributed by atoms with van der Waals surface area (Å²) in [4.78, 5) is 50.7. The van der Waals surface area contributed by atoms with Gasteiger partial charge in [0.05, 0.1) is 17.8 Å². The van der Waals surface area contributed by atoms with E-state index in [-0.39, 0.29) is 11.9 Å². The monoisotopic (exact) mass is 573 g/mol. The second-order valence-electron chi connectivity index (χ2n) is 12.3. The Morgan fingerprint density at radius 3 is 2.40 bits per heavy atom. The van der Waals surface area contributed by atoms with Gasteiger partial charge in [0, 0.05) is 51.1 Å². The molecule has 3 saturated heterocycles. The second-order valence-corrected chi connectivity index (χ2v) is 13.3. The molecule has 3 fully saturated rings. The number of anilines is 1. The van der Waals surface area contributed by atoms with E-state index in [0.717, 1.165) is 44.3 Å². The smallest absolute Gasteiger partial charge is 0.411 e. The second kappa shape index (κ2) is 10.7. The Hall–Kier alpha value is -3.06. The standard InChI is InChI=1S/C27H39N7O5S/c1-26(2,3)39-25(38)33-15-18(14-19(33)23(35)32-12-13-40-17-32)30-8-10-31(11-9-30)22-7-6-21-28-20(16-34(21)29-22)27(4,5)24(36)37/h6-7,16,18-19H,8-15,17H2,1-5H3,(H,36,37)/t18-,19-/m0/s1. The molecule has 2 aromatic heterocycles. The van der Waals surface area contributed by atoms with Gasteiger partial charge in [0.25, 0.3) is 0 Å². The molecule has 5 heterocycles. The quantitative estimate of drug-likeness (QED) is 0.569. The first-order valence-electron chi connectivity index (χ1n) is 13.8. The first-order chi connectivity index (χ1) is 18.8. The number of hydrogen-bond donors (Lipinski definition) is 1. The van der Waals surface area contributed by atoms with E-state index in [4.69, 9.17) is 9.84 Å². The van der Waals surface area contributed by atoms with Crippen LogP contribution in [0.25, 0.3) is 5.65 Å². The SMILES string of the molecule is CC(C)(C)OC(=O)N1C[C@@H](N2CCN(c3ccc4nc(C(C)(C)C(=O)O)cn4n3)CC2)C[C@H]1C(=O)N1CCSC1. The lowest BCUT2D eigenvalue weighted by molar-refractivity contribution is -0.142. The Morgan fingerprint density at radius 1 is 1.05 bits per heavy atom. The maximum absolute atomic E-state index is 13.4. The fourth-order valence-electron chi connectivity index (χ4n) is 5.40. The lowest BCUT2D eigenvalue weighted by atomic mass is 9.90. The van der Waals surface area contributed by atoms with Crippen molar-refractivity contribution in [1.29, 1.82) is 0 Å². The van der Waals surface area contributed by atoms with Crippen molar-refractivity contribution in [2.45, 2.75) is 64.1 Å². The van der Waals surface area contributed by atoms with Crippen LogP contribution in [-0.4, -0.2) is 121 Å². The average molecular weight is 574 g/mol. The van der Waals surface area contributed by atoms with Crippen molar-refractivity contribution in [2.75, 3.05) is 55.8 Å². The summed E-state index contributed by atoms with van der Waals surface area (Å²) in [5.74, 6) is 1.47. The van der Waals surface area contributed by atoms with Gasteiger partial charge in [0.2, 0.25) is 5.91 Å². The van der Waals surface area contributed by atoms with Crippen molar-refractivity contribution >= 4 is 41.2 Å². The number of amides is 2. The van der Waals surface area contributed by atoms with Crippen LogP contribution in [0.5, 0.6) is 0 Å². The molecule has 2 atom stereocenters. The maximum Gasteiger partial charge on any atom is 0.411 e. The summed E-state index contributed by atoms with van der Waals surface area (Å²) in [5.41, 5.74) is -0.680. The molecule has 5 rings (SSSR count). The first kappa shape index (κ1) is 28.5. The van der Waals surface area contributed by atoms with Crippen LogP contribution in [0.4, 0.5) is 10.6 Å². The Bertz CT molecular complexity index is 1280. The van der Waals surface area contributed by atoms with Gasteiger partial charge in [-0.2, -0.15) is 0 Å². The fourth-order valence-corrected chi connectivity index (χ4v) is 6.36. The molecule has 0 unspecified atom stereocenters. The number of carbonyl (C=O) groups is 3. The van der Waals surface area contributed by atoms with Crippen molar-refractivity contribution in [2.24, 2.45) is 0 Å². The van der Waals surface area contributed by atoms with Gasteiger partial charge in [-0.25, -0.2) is 14.3 Å². The topological polar surface area (TPSA) is 124 Å². The van der Waals surface area contributed by atoms with Crippen molar-refractivity contribution in [3.63, 3.8) is 0 Å². The van der Waals surface area contributed by atoms with Crippen molar-refractivity contribution in [3.8, 4) is 0 Å². The number of piperazine rings is 1. The molecule has 2 aromatic rings. The van der Waals surface area contributed by atoms with Gasteiger partial charge in [-0.15, -0.1) is 16.9 Å².